The molecule has 4 heterocycles. The number of thiophene rings is 1. The average molecular weight is 617 g/mol. The number of carbonyl (C=O) groups excluding carboxylic acids is 1. The largest absolute Gasteiger partial charge is 0.490 e. The van der Waals surface area contributed by atoms with Crippen LogP contribution in [0.4, 0.5) is 11.4 Å². The van der Waals surface area contributed by atoms with Gasteiger partial charge in [-0.25, -0.2) is 0 Å². The number of hydrogen-bond donors (Lipinski definition) is 3. The summed E-state index contributed by atoms with van der Waals surface area (Å²) in [5.41, 5.74) is 13.9. The molecule has 0 saturated heterocycles. The van der Waals surface area contributed by atoms with Crippen molar-refractivity contribution in [1.29, 1.82) is 0 Å². The molecular formula is C33H40N6O4S. The maximum absolute atomic E-state index is 13.0. The third-order valence-corrected chi connectivity index (χ3v) is 9.37. The monoisotopic (exact) mass is 616 g/mol. The number of carbonyl (C=O) groups is 1. The Balaban J connectivity index is 1.36. The van der Waals surface area contributed by atoms with E-state index in [1.165, 1.54) is 16.3 Å². The lowest BCUT2D eigenvalue weighted by molar-refractivity contribution is -0.143. The summed E-state index contributed by atoms with van der Waals surface area (Å²) in [6, 6.07) is 14.2. The van der Waals surface area contributed by atoms with Gasteiger partial charge in [0.05, 0.1) is 30.1 Å². The summed E-state index contributed by atoms with van der Waals surface area (Å²) in [7, 11) is 4.13. The normalized spacial score (nSPS) is 15.4. The Morgan fingerprint density at radius 2 is 2.05 bits per heavy atom. The molecule has 0 bridgehead atoms. The third kappa shape index (κ3) is 6.32. The SMILES string of the molecule is CCOC(=O)C[C@@H](c1cc(CN2CCOc3ccc(=O)[nH]c3C2)c2sccc2c1)c1ccc2c(c1C)NNN2CCN(C)C. The molecule has 0 radical (unpaired) electrons. The van der Waals surface area contributed by atoms with Crippen LogP contribution in [0.5, 0.6) is 5.75 Å². The summed E-state index contributed by atoms with van der Waals surface area (Å²) < 4.78 is 12.6. The lowest BCUT2D eigenvalue weighted by Gasteiger charge is -2.24. The van der Waals surface area contributed by atoms with Crippen LogP contribution in [-0.2, 0) is 22.6 Å². The number of aromatic nitrogens is 1. The highest BCUT2D eigenvalue weighted by molar-refractivity contribution is 7.17. The molecule has 0 spiro atoms. The van der Waals surface area contributed by atoms with E-state index in [1.54, 1.807) is 17.4 Å². The molecule has 2 aromatic heterocycles. The lowest BCUT2D eigenvalue weighted by Crippen LogP contribution is -2.40. The number of aromatic amines is 1. The minimum absolute atomic E-state index is 0.131. The van der Waals surface area contributed by atoms with E-state index in [0.29, 0.717) is 26.3 Å². The second kappa shape index (κ2) is 13.0. The van der Waals surface area contributed by atoms with Crippen LogP contribution >= 0.6 is 11.3 Å². The smallest absolute Gasteiger partial charge is 0.306 e. The highest BCUT2D eigenvalue weighted by Gasteiger charge is 2.28. The molecule has 0 fully saturated rings. The van der Waals surface area contributed by atoms with Gasteiger partial charge in [0.1, 0.15) is 12.4 Å². The van der Waals surface area contributed by atoms with Crippen LogP contribution in [-0.4, -0.2) is 67.7 Å². The van der Waals surface area contributed by atoms with Gasteiger partial charge in [-0.1, -0.05) is 12.1 Å². The van der Waals surface area contributed by atoms with E-state index in [9.17, 15) is 9.59 Å². The number of benzene rings is 2. The fourth-order valence-electron chi connectivity index (χ4n) is 6.15. The molecule has 2 aliphatic rings. The Labute approximate surface area is 261 Å². The van der Waals surface area contributed by atoms with Crippen LogP contribution in [0.3, 0.4) is 0 Å². The van der Waals surface area contributed by atoms with Gasteiger partial charge < -0.3 is 24.8 Å². The molecule has 3 N–H and O–H groups in total. The standard InChI is InChI=1S/C33H40N6O4S/c1-5-42-31(41)18-26(25-6-7-28-32(21(25)2)35-36-39(28)12-11-37(3)4)23-16-22-10-15-44-33(22)24(17-23)19-38-13-14-43-29-8-9-30(40)34-27(29)20-38/h6-10,15-17,26,35-36H,5,11-14,18-20H2,1-4H3,(H,34,40)/t26-/m0/s1. The first-order valence-electron chi connectivity index (χ1n) is 15.1. The molecule has 2 aliphatic heterocycles. The molecule has 44 heavy (non-hydrogen) atoms. The number of likely N-dealkylation sites (N-methyl/N-ethyl adjacent to an activating group) is 1. The number of nitrogens with one attached hydrogen (secondary N) is 3. The molecule has 232 valence electrons. The highest BCUT2D eigenvalue weighted by atomic mass is 32.1. The van der Waals surface area contributed by atoms with Crippen molar-refractivity contribution in [3.05, 3.63) is 86.1 Å². The summed E-state index contributed by atoms with van der Waals surface area (Å²) in [4.78, 5) is 32.5. The van der Waals surface area contributed by atoms with Gasteiger partial charge in [0.25, 0.3) is 0 Å². The predicted molar refractivity (Wildman–Crippen MR) is 175 cm³/mol. The number of esters is 1. The second-order valence-electron chi connectivity index (χ2n) is 11.7. The van der Waals surface area contributed by atoms with E-state index in [-0.39, 0.29) is 23.9 Å². The molecular weight excluding hydrogens is 576 g/mol. The number of hydrazine groups is 2. The molecule has 6 rings (SSSR count). The van der Waals surface area contributed by atoms with Crippen molar-refractivity contribution in [1.82, 2.24) is 20.3 Å². The molecule has 2 aromatic carbocycles. The zero-order valence-electron chi connectivity index (χ0n) is 25.7. The zero-order valence-corrected chi connectivity index (χ0v) is 26.6. The summed E-state index contributed by atoms with van der Waals surface area (Å²) in [6.07, 6.45) is 0.243. The number of anilines is 2. The Bertz CT molecular complexity index is 1720. The molecule has 0 amide bonds. The maximum atomic E-state index is 13.0. The van der Waals surface area contributed by atoms with Crippen LogP contribution in [0.15, 0.2) is 52.6 Å². The van der Waals surface area contributed by atoms with Crippen LogP contribution in [0.25, 0.3) is 10.1 Å². The van der Waals surface area contributed by atoms with Crippen LogP contribution in [0, 0.1) is 6.92 Å². The molecule has 0 unspecified atom stereocenters. The summed E-state index contributed by atoms with van der Waals surface area (Å²) in [5.74, 6) is 0.324. The predicted octanol–water partition coefficient (Wildman–Crippen LogP) is 4.59. The van der Waals surface area contributed by atoms with Crippen LogP contribution < -0.4 is 26.3 Å². The molecule has 10 nitrogen and oxygen atoms in total. The number of pyridine rings is 1. The summed E-state index contributed by atoms with van der Waals surface area (Å²) in [5, 5.41) is 5.40. The van der Waals surface area contributed by atoms with Gasteiger partial charge in [-0.3, -0.25) is 19.5 Å². The molecule has 0 aliphatic carbocycles. The van der Waals surface area contributed by atoms with Crippen LogP contribution in [0.2, 0.25) is 0 Å². The van der Waals surface area contributed by atoms with Gasteiger partial charge >= 0.3 is 5.97 Å². The van der Waals surface area contributed by atoms with Crippen molar-refractivity contribution in [3.8, 4) is 5.75 Å². The maximum Gasteiger partial charge on any atom is 0.306 e. The van der Waals surface area contributed by atoms with E-state index >= 15 is 0 Å². The summed E-state index contributed by atoms with van der Waals surface area (Å²) >= 11 is 1.73. The van der Waals surface area contributed by atoms with Gasteiger partial charge in [0.15, 0.2) is 0 Å². The van der Waals surface area contributed by atoms with Gasteiger partial charge in [-0.15, -0.1) is 16.9 Å². The fraction of sp³-hybridized carbons (Fsp3) is 0.394. The van der Waals surface area contributed by atoms with Crippen molar-refractivity contribution >= 4 is 38.8 Å². The van der Waals surface area contributed by atoms with E-state index in [4.69, 9.17) is 9.47 Å². The number of hydrogen-bond acceptors (Lipinski definition) is 10. The van der Waals surface area contributed by atoms with Gasteiger partial charge in [0.2, 0.25) is 5.56 Å². The lowest BCUT2D eigenvalue weighted by atomic mass is 9.84. The average Bonchev–Trinajstić information content (AvgIpc) is 3.59. The first kappa shape index (κ1) is 30.1. The zero-order chi connectivity index (χ0) is 30.8. The third-order valence-electron chi connectivity index (χ3n) is 8.37. The quantitative estimate of drug-likeness (QED) is 0.221. The Hall–Kier alpha value is -3.90. The Morgan fingerprint density at radius 3 is 2.86 bits per heavy atom. The number of ether oxygens (including phenoxy) is 2. The van der Waals surface area contributed by atoms with Crippen molar-refractivity contribution < 1.29 is 14.3 Å². The number of H-pyrrole nitrogens is 1. The second-order valence-corrected chi connectivity index (χ2v) is 12.6. The van der Waals surface area contributed by atoms with E-state index in [2.05, 4.69) is 87.5 Å². The van der Waals surface area contributed by atoms with Gasteiger partial charge in [-0.05, 0) is 85.2 Å². The van der Waals surface area contributed by atoms with Crippen molar-refractivity contribution in [2.75, 3.05) is 57.4 Å². The minimum Gasteiger partial charge on any atom is -0.490 e. The fourth-order valence-corrected chi connectivity index (χ4v) is 7.04. The van der Waals surface area contributed by atoms with E-state index in [0.717, 1.165) is 64.5 Å². The first-order chi connectivity index (χ1) is 21.3. The first-order valence-corrected chi connectivity index (χ1v) is 16.0. The van der Waals surface area contributed by atoms with Crippen LogP contribution in [0.1, 0.15) is 47.2 Å². The molecule has 1 atom stereocenters. The molecule has 0 saturated carbocycles. The number of rotatable bonds is 10. The van der Waals surface area contributed by atoms with E-state index < -0.39 is 0 Å². The van der Waals surface area contributed by atoms with Gasteiger partial charge in [0, 0.05) is 49.4 Å². The number of fused-ring (bicyclic) bond motifs is 3. The summed E-state index contributed by atoms with van der Waals surface area (Å²) in [6.45, 7) is 8.59. The molecule has 11 heteroatoms. The Morgan fingerprint density at radius 1 is 1.18 bits per heavy atom. The highest BCUT2D eigenvalue weighted by Crippen LogP contribution is 2.41. The Kier molecular flexibility index (Phi) is 8.90. The van der Waals surface area contributed by atoms with Crippen molar-refractivity contribution in [3.63, 3.8) is 0 Å². The number of nitrogens with zero attached hydrogens (tertiary/aromatic N) is 3. The van der Waals surface area contributed by atoms with Crippen molar-refractivity contribution in [2.24, 2.45) is 0 Å². The van der Waals surface area contributed by atoms with Gasteiger partial charge in [-0.2, -0.15) is 0 Å². The minimum atomic E-state index is -0.215. The van der Waals surface area contributed by atoms with E-state index in [1.807, 2.05) is 6.92 Å². The topological polar surface area (TPSA) is 102 Å². The van der Waals surface area contributed by atoms with Crippen molar-refractivity contribution in [2.45, 2.75) is 39.3 Å². The molecule has 4 aromatic rings.